The van der Waals surface area contributed by atoms with E-state index in [0.29, 0.717) is 5.56 Å². The second-order valence-electron chi connectivity index (χ2n) is 5.18. The largest absolute Gasteiger partial charge is 0.339 e. The number of nitrogens with two attached hydrogens (primary N) is 1. The summed E-state index contributed by atoms with van der Waals surface area (Å²) in [6.07, 6.45) is 0. The molecule has 0 saturated carbocycles. The number of hydroxylamine groups is 1. The molecule has 6 nitrogen and oxygen atoms in total. The van der Waals surface area contributed by atoms with Gasteiger partial charge in [-0.05, 0) is 30.2 Å². The summed E-state index contributed by atoms with van der Waals surface area (Å²) in [5.74, 6) is -1.18. The van der Waals surface area contributed by atoms with E-state index >= 15 is 0 Å². The molecule has 0 saturated heterocycles. The van der Waals surface area contributed by atoms with Crippen LogP contribution in [0.25, 0.3) is 11.1 Å². The molecule has 0 spiro atoms. The summed E-state index contributed by atoms with van der Waals surface area (Å²) in [7, 11) is 0. The van der Waals surface area contributed by atoms with Crippen LogP contribution in [0.3, 0.4) is 0 Å². The first-order valence-corrected chi connectivity index (χ1v) is 7.17. The lowest BCUT2D eigenvalue weighted by molar-refractivity contribution is -0.130. The summed E-state index contributed by atoms with van der Waals surface area (Å²) in [6, 6.07) is 14.1. The standard InChI is InChI=1S/C17H19N3O3/c1-11-2-4-12(5-3-11)13-6-8-14(9-7-13)16(21)19-15(10-18)17(22)20-23/h2-9,15,23H,10,18H2,1H3,(H,19,21)(H,20,22)/t15-/m0/s1. The maximum Gasteiger partial charge on any atom is 0.267 e. The monoisotopic (exact) mass is 313 g/mol. The first-order valence-electron chi connectivity index (χ1n) is 7.17. The van der Waals surface area contributed by atoms with Crippen molar-refractivity contribution < 1.29 is 14.8 Å². The van der Waals surface area contributed by atoms with Crippen LogP contribution in [0.5, 0.6) is 0 Å². The maximum absolute atomic E-state index is 12.1. The van der Waals surface area contributed by atoms with Crippen molar-refractivity contribution in [1.82, 2.24) is 10.8 Å². The van der Waals surface area contributed by atoms with Crippen LogP contribution in [-0.4, -0.2) is 29.6 Å². The molecule has 2 amide bonds. The predicted octanol–water partition coefficient (Wildman–Crippen LogP) is 1.22. The zero-order valence-corrected chi connectivity index (χ0v) is 12.7. The number of aryl methyl sites for hydroxylation is 1. The third-order valence-corrected chi connectivity index (χ3v) is 3.50. The minimum atomic E-state index is -0.982. The molecule has 0 unspecified atom stereocenters. The van der Waals surface area contributed by atoms with Crippen molar-refractivity contribution in [2.24, 2.45) is 5.73 Å². The van der Waals surface area contributed by atoms with Crippen molar-refractivity contribution in [2.75, 3.05) is 6.54 Å². The van der Waals surface area contributed by atoms with Crippen LogP contribution >= 0.6 is 0 Å². The lowest BCUT2D eigenvalue weighted by Gasteiger charge is -2.14. The molecule has 2 aromatic carbocycles. The fraction of sp³-hybridized carbons (Fsp3) is 0.176. The van der Waals surface area contributed by atoms with Crippen molar-refractivity contribution in [2.45, 2.75) is 13.0 Å². The van der Waals surface area contributed by atoms with Gasteiger partial charge in [-0.25, -0.2) is 5.48 Å². The molecule has 5 N–H and O–H groups in total. The van der Waals surface area contributed by atoms with E-state index in [4.69, 9.17) is 10.9 Å². The van der Waals surface area contributed by atoms with E-state index in [1.165, 1.54) is 11.0 Å². The third kappa shape index (κ3) is 4.15. The first kappa shape index (κ1) is 16.7. The second kappa shape index (κ2) is 7.53. The van der Waals surface area contributed by atoms with Crippen LogP contribution in [0, 0.1) is 6.92 Å². The Morgan fingerprint density at radius 2 is 1.57 bits per heavy atom. The smallest absolute Gasteiger partial charge is 0.267 e. The summed E-state index contributed by atoms with van der Waals surface area (Å²) in [5, 5.41) is 11.1. The van der Waals surface area contributed by atoms with Crippen LogP contribution in [0.15, 0.2) is 48.5 Å². The topological polar surface area (TPSA) is 104 Å². The Hall–Kier alpha value is -2.70. The Bertz CT molecular complexity index is 681. The number of rotatable bonds is 5. The van der Waals surface area contributed by atoms with E-state index in [0.717, 1.165) is 11.1 Å². The number of nitrogens with one attached hydrogen (secondary N) is 2. The number of hydrogen-bond acceptors (Lipinski definition) is 4. The first-order chi connectivity index (χ1) is 11.0. The Labute approximate surface area is 134 Å². The molecule has 2 aromatic rings. The number of benzene rings is 2. The highest BCUT2D eigenvalue weighted by Gasteiger charge is 2.19. The fourth-order valence-corrected chi connectivity index (χ4v) is 2.11. The van der Waals surface area contributed by atoms with Gasteiger partial charge in [0.25, 0.3) is 11.8 Å². The van der Waals surface area contributed by atoms with Gasteiger partial charge in [0.05, 0.1) is 0 Å². The number of hydrogen-bond donors (Lipinski definition) is 4. The van der Waals surface area contributed by atoms with Crippen LogP contribution in [-0.2, 0) is 4.79 Å². The molecular weight excluding hydrogens is 294 g/mol. The molecule has 0 aromatic heterocycles. The van der Waals surface area contributed by atoms with E-state index in [1.54, 1.807) is 12.1 Å². The lowest BCUT2D eigenvalue weighted by Crippen LogP contribution is -2.50. The highest BCUT2D eigenvalue weighted by molar-refractivity contribution is 5.97. The third-order valence-electron chi connectivity index (χ3n) is 3.50. The van der Waals surface area contributed by atoms with Crippen molar-refractivity contribution in [1.29, 1.82) is 0 Å². The van der Waals surface area contributed by atoms with E-state index in [-0.39, 0.29) is 6.54 Å². The number of amides is 2. The van der Waals surface area contributed by atoms with Gasteiger partial charge in [-0.2, -0.15) is 0 Å². The molecule has 0 bridgehead atoms. The molecule has 120 valence electrons. The maximum atomic E-state index is 12.1. The Morgan fingerprint density at radius 3 is 2.04 bits per heavy atom. The van der Waals surface area contributed by atoms with Gasteiger partial charge in [-0.1, -0.05) is 42.0 Å². The van der Waals surface area contributed by atoms with Crippen molar-refractivity contribution in [3.8, 4) is 11.1 Å². The van der Waals surface area contributed by atoms with Crippen molar-refractivity contribution in [3.63, 3.8) is 0 Å². The van der Waals surface area contributed by atoms with Crippen LogP contribution in [0.4, 0.5) is 0 Å². The minimum absolute atomic E-state index is 0.112. The molecular formula is C17H19N3O3. The van der Waals surface area contributed by atoms with Gasteiger partial charge in [0.2, 0.25) is 0 Å². The summed E-state index contributed by atoms with van der Waals surface area (Å²) in [4.78, 5) is 23.4. The molecule has 1 atom stereocenters. The molecule has 6 heteroatoms. The molecule has 2 rings (SSSR count). The van der Waals surface area contributed by atoms with Crippen molar-refractivity contribution >= 4 is 11.8 Å². The summed E-state index contributed by atoms with van der Waals surface area (Å²) >= 11 is 0. The molecule has 0 aliphatic rings. The summed E-state index contributed by atoms with van der Waals surface area (Å²) < 4.78 is 0. The van der Waals surface area contributed by atoms with Crippen LogP contribution in [0.2, 0.25) is 0 Å². The van der Waals surface area contributed by atoms with Crippen LogP contribution in [0.1, 0.15) is 15.9 Å². The van der Waals surface area contributed by atoms with Gasteiger partial charge in [0.1, 0.15) is 6.04 Å². The fourth-order valence-electron chi connectivity index (χ4n) is 2.11. The highest BCUT2D eigenvalue weighted by atomic mass is 16.5. The predicted molar refractivity (Wildman–Crippen MR) is 86.9 cm³/mol. The van der Waals surface area contributed by atoms with Gasteiger partial charge in [-0.3, -0.25) is 14.8 Å². The molecule has 0 aliphatic carbocycles. The number of carbonyl (C=O) groups is 2. The molecule has 0 aliphatic heterocycles. The Balaban J connectivity index is 2.11. The summed E-state index contributed by atoms with van der Waals surface area (Å²) in [5.41, 5.74) is 10.5. The zero-order valence-electron chi connectivity index (χ0n) is 12.7. The van der Waals surface area contributed by atoms with E-state index in [2.05, 4.69) is 5.32 Å². The van der Waals surface area contributed by atoms with Gasteiger partial charge in [0.15, 0.2) is 0 Å². The van der Waals surface area contributed by atoms with Gasteiger partial charge in [0, 0.05) is 12.1 Å². The van der Waals surface area contributed by atoms with E-state index in [1.807, 2.05) is 43.3 Å². The van der Waals surface area contributed by atoms with E-state index < -0.39 is 17.9 Å². The molecule has 0 radical (unpaired) electrons. The molecule has 0 heterocycles. The van der Waals surface area contributed by atoms with Crippen molar-refractivity contribution in [3.05, 3.63) is 59.7 Å². The second-order valence-corrected chi connectivity index (χ2v) is 5.18. The van der Waals surface area contributed by atoms with Gasteiger partial charge >= 0.3 is 0 Å². The molecule has 23 heavy (non-hydrogen) atoms. The molecule has 0 fully saturated rings. The van der Waals surface area contributed by atoms with E-state index in [9.17, 15) is 9.59 Å². The zero-order chi connectivity index (χ0) is 16.8. The number of carbonyl (C=O) groups excluding carboxylic acids is 2. The SMILES string of the molecule is Cc1ccc(-c2ccc(C(=O)N[C@@H](CN)C(=O)NO)cc2)cc1. The van der Waals surface area contributed by atoms with Gasteiger partial charge < -0.3 is 11.1 Å². The van der Waals surface area contributed by atoms with Gasteiger partial charge in [-0.15, -0.1) is 0 Å². The normalized spacial score (nSPS) is 11.6. The Morgan fingerprint density at radius 1 is 1.04 bits per heavy atom. The Kier molecular flexibility index (Phi) is 5.46. The summed E-state index contributed by atoms with van der Waals surface area (Å²) in [6.45, 7) is 1.91. The minimum Gasteiger partial charge on any atom is -0.339 e. The average molecular weight is 313 g/mol. The van der Waals surface area contributed by atoms with Crippen LogP contribution < -0.4 is 16.5 Å². The highest BCUT2D eigenvalue weighted by Crippen LogP contribution is 2.20. The lowest BCUT2D eigenvalue weighted by atomic mass is 10.0. The quantitative estimate of drug-likeness (QED) is 0.492. The average Bonchev–Trinajstić information content (AvgIpc) is 2.59.